The zero-order chi connectivity index (χ0) is 12.5. The summed E-state index contributed by atoms with van der Waals surface area (Å²) >= 11 is 0. The number of fused-ring (bicyclic) bond motifs is 1. The van der Waals surface area contributed by atoms with Crippen LogP contribution in [0.4, 0.5) is 0 Å². The van der Waals surface area contributed by atoms with Crippen molar-refractivity contribution in [3.63, 3.8) is 0 Å². The van der Waals surface area contributed by atoms with Gasteiger partial charge in [0.25, 0.3) is 0 Å². The first-order valence-electron chi connectivity index (χ1n) is 6.05. The molecule has 0 amide bonds. The largest absolute Gasteiger partial charge is 0.493 e. The normalized spacial score (nSPS) is 12.7. The Labute approximate surface area is 106 Å². The third-order valence-electron chi connectivity index (χ3n) is 3.32. The van der Waals surface area contributed by atoms with Gasteiger partial charge < -0.3 is 4.74 Å². The van der Waals surface area contributed by atoms with Gasteiger partial charge >= 0.3 is 0 Å². The van der Waals surface area contributed by atoms with Gasteiger partial charge in [-0.3, -0.25) is 0 Å². The van der Waals surface area contributed by atoms with Gasteiger partial charge in [-0.05, 0) is 53.4 Å². The standard InChI is InChI=1S/C16H13NO/c1-11-8-15(9-14-6-7-18-16(11)14)13-4-2-12(10-17)3-5-13/h2-5,8-9H,6-7H2,1H3. The summed E-state index contributed by atoms with van der Waals surface area (Å²) in [5, 5.41) is 8.80. The summed E-state index contributed by atoms with van der Waals surface area (Å²) in [6.45, 7) is 2.87. The van der Waals surface area contributed by atoms with Gasteiger partial charge in [0, 0.05) is 6.42 Å². The van der Waals surface area contributed by atoms with Crippen molar-refractivity contribution in [2.45, 2.75) is 13.3 Å². The smallest absolute Gasteiger partial charge is 0.125 e. The van der Waals surface area contributed by atoms with Crippen LogP contribution in [-0.4, -0.2) is 6.61 Å². The van der Waals surface area contributed by atoms with E-state index in [4.69, 9.17) is 10.00 Å². The van der Waals surface area contributed by atoms with Crippen molar-refractivity contribution in [1.29, 1.82) is 5.26 Å². The van der Waals surface area contributed by atoms with Gasteiger partial charge in [-0.1, -0.05) is 12.1 Å². The third kappa shape index (κ3) is 1.74. The number of nitrogens with zero attached hydrogens (tertiary/aromatic N) is 1. The summed E-state index contributed by atoms with van der Waals surface area (Å²) in [7, 11) is 0. The van der Waals surface area contributed by atoms with Crippen LogP contribution in [0.1, 0.15) is 16.7 Å². The van der Waals surface area contributed by atoms with E-state index in [1.54, 1.807) is 0 Å². The minimum absolute atomic E-state index is 0.694. The predicted molar refractivity (Wildman–Crippen MR) is 70.5 cm³/mol. The molecule has 0 unspecified atom stereocenters. The average molecular weight is 235 g/mol. The lowest BCUT2D eigenvalue weighted by Gasteiger charge is -2.08. The zero-order valence-electron chi connectivity index (χ0n) is 10.2. The summed E-state index contributed by atoms with van der Waals surface area (Å²) in [4.78, 5) is 0. The Kier molecular flexibility index (Phi) is 2.53. The summed E-state index contributed by atoms with van der Waals surface area (Å²) in [5.41, 5.74) is 5.51. The summed E-state index contributed by atoms with van der Waals surface area (Å²) in [6, 6.07) is 14.2. The molecule has 0 atom stereocenters. The maximum Gasteiger partial charge on any atom is 0.125 e. The fourth-order valence-electron chi connectivity index (χ4n) is 2.41. The number of hydrogen-bond donors (Lipinski definition) is 0. The minimum atomic E-state index is 0.694. The van der Waals surface area contributed by atoms with Crippen LogP contribution in [0, 0.1) is 18.3 Å². The lowest BCUT2D eigenvalue weighted by atomic mass is 9.98. The molecule has 1 aliphatic rings. The molecule has 0 saturated heterocycles. The third-order valence-corrected chi connectivity index (χ3v) is 3.32. The van der Waals surface area contributed by atoms with Crippen LogP contribution in [-0.2, 0) is 6.42 Å². The SMILES string of the molecule is Cc1cc(-c2ccc(C#N)cc2)cc2c1OCC2. The maximum atomic E-state index is 8.80. The second-order valence-electron chi connectivity index (χ2n) is 4.57. The topological polar surface area (TPSA) is 33.0 Å². The number of aryl methyl sites for hydroxylation is 1. The molecule has 0 N–H and O–H groups in total. The van der Waals surface area contributed by atoms with Gasteiger partial charge in [0.05, 0.1) is 18.2 Å². The van der Waals surface area contributed by atoms with Crippen LogP contribution in [0.5, 0.6) is 5.75 Å². The Balaban J connectivity index is 2.07. The minimum Gasteiger partial charge on any atom is -0.493 e. The van der Waals surface area contributed by atoms with E-state index < -0.39 is 0 Å². The predicted octanol–water partition coefficient (Wildman–Crippen LogP) is 3.47. The quantitative estimate of drug-likeness (QED) is 0.758. The van der Waals surface area contributed by atoms with E-state index >= 15 is 0 Å². The van der Waals surface area contributed by atoms with E-state index in [1.165, 1.54) is 16.7 Å². The fourth-order valence-corrected chi connectivity index (χ4v) is 2.41. The van der Waals surface area contributed by atoms with Gasteiger partial charge in [-0.2, -0.15) is 5.26 Å². The summed E-state index contributed by atoms with van der Waals surface area (Å²) < 4.78 is 5.61. The molecular formula is C16H13NO. The summed E-state index contributed by atoms with van der Waals surface area (Å²) in [5.74, 6) is 1.05. The monoisotopic (exact) mass is 235 g/mol. The molecular weight excluding hydrogens is 222 g/mol. The molecule has 0 radical (unpaired) electrons. The Morgan fingerprint density at radius 1 is 1.11 bits per heavy atom. The lowest BCUT2D eigenvalue weighted by Crippen LogP contribution is -1.88. The lowest BCUT2D eigenvalue weighted by molar-refractivity contribution is 0.354. The van der Waals surface area contributed by atoms with Gasteiger partial charge in [0.2, 0.25) is 0 Å². The van der Waals surface area contributed by atoms with Crippen molar-refractivity contribution >= 4 is 0 Å². The number of ether oxygens (including phenoxy) is 1. The Morgan fingerprint density at radius 3 is 2.61 bits per heavy atom. The molecule has 0 saturated carbocycles. The first kappa shape index (κ1) is 10.9. The van der Waals surface area contributed by atoms with Crippen LogP contribution >= 0.6 is 0 Å². The van der Waals surface area contributed by atoms with E-state index in [2.05, 4.69) is 25.1 Å². The number of rotatable bonds is 1. The molecule has 88 valence electrons. The fraction of sp³-hybridized carbons (Fsp3) is 0.188. The van der Waals surface area contributed by atoms with Crippen molar-refractivity contribution in [2.24, 2.45) is 0 Å². The summed E-state index contributed by atoms with van der Waals surface area (Å²) in [6.07, 6.45) is 0.986. The molecule has 2 heteroatoms. The van der Waals surface area contributed by atoms with E-state index in [0.717, 1.165) is 24.3 Å². The molecule has 1 heterocycles. The van der Waals surface area contributed by atoms with Crippen LogP contribution in [0.3, 0.4) is 0 Å². The highest BCUT2D eigenvalue weighted by Gasteiger charge is 2.15. The average Bonchev–Trinajstić information content (AvgIpc) is 2.88. The molecule has 1 aliphatic heterocycles. The van der Waals surface area contributed by atoms with Gasteiger partial charge in [0.1, 0.15) is 5.75 Å². The van der Waals surface area contributed by atoms with E-state index in [1.807, 2.05) is 24.3 Å². The highest BCUT2D eigenvalue weighted by Crippen LogP contribution is 2.34. The first-order chi connectivity index (χ1) is 8.78. The van der Waals surface area contributed by atoms with Gasteiger partial charge in [-0.25, -0.2) is 0 Å². The number of benzene rings is 2. The number of hydrogen-bond acceptors (Lipinski definition) is 2. The molecule has 0 aliphatic carbocycles. The van der Waals surface area contributed by atoms with Crippen molar-refractivity contribution < 1.29 is 4.74 Å². The number of nitriles is 1. The van der Waals surface area contributed by atoms with Crippen molar-refractivity contribution in [2.75, 3.05) is 6.61 Å². The van der Waals surface area contributed by atoms with E-state index in [-0.39, 0.29) is 0 Å². The Hall–Kier alpha value is -2.27. The highest BCUT2D eigenvalue weighted by molar-refractivity contribution is 5.68. The maximum absolute atomic E-state index is 8.80. The molecule has 0 fully saturated rings. The molecule has 2 nitrogen and oxygen atoms in total. The second-order valence-corrected chi connectivity index (χ2v) is 4.57. The van der Waals surface area contributed by atoms with Crippen LogP contribution in [0.15, 0.2) is 36.4 Å². The molecule has 0 bridgehead atoms. The van der Waals surface area contributed by atoms with Crippen molar-refractivity contribution in [3.8, 4) is 22.9 Å². The van der Waals surface area contributed by atoms with E-state index in [0.29, 0.717) is 5.56 Å². The Bertz CT molecular complexity index is 635. The van der Waals surface area contributed by atoms with E-state index in [9.17, 15) is 0 Å². The Morgan fingerprint density at radius 2 is 1.89 bits per heavy atom. The molecule has 3 rings (SSSR count). The van der Waals surface area contributed by atoms with Gasteiger partial charge in [0.15, 0.2) is 0 Å². The second kappa shape index (κ2) is 4.19. The molecule has 2 aromatic rings. The molecule has 2 aromatic carbocycles. The zero-order valence-corrected chi connectivity index (χ0v) is 10.2. The van der Waals surface area contributed by atoms with Crippen LogP contribution in [0.2, 0.25) is 0 Å². The highest BCUT2D eigenvalue weighted by atomic mass is 16.5. The molecule has 18 heavy (non-hydrogen) atoms. The molecule has 0 spiro atoms. The van der Waals surface area contributed by atoms with Gasteiger partial charge in [-0.15, -0.1) is 0 Å². The first-order valence-corrected chi connectivity index (χ1v) is 6.05. The van der Waals surface area contributed by atoms with Crippen LogP contribution in [0.25, 0.3) is 11.1 Å². The van der Waals surface area contributed by atoms with Crippen molar-refractivity contribution in [1.82, 2.24) is 0 Å². The van der Waals surface area contributed by atoms with Crippen molar-refractivity contribution in [3.05, 3.63) is 53.1 Å². The molecule has 0 aromatic heterocycles. The van der Waals surface area contributed by atoms with Crippen LogP contribution < -0.4 is 4.74 Å².